The van der Waals surface area contributed by atoms with E-state index in [-0.39, 0.29) is 5.82 Å². The molecule has 0 atom stereocenters. The van der Waals surface area contributed by atoms with Crippen LogP contribution in [0.15, 0.2) is 30.5 Å². The number of benzene rings is 1. The van der Waals surface area contributed by atoms with Crippen molar-refractivity contribution in [1.82, 2.24) is 14.5 Å². The highest BCUT2D eigenvalue weighted by Crippen LogP contribution is 2.25. The SMILES string of the molecule is Cc1cc(Cn2c(NCCN)nc3c(Cl)nccc32)ccc1F. The molecule has 0 aliphatic rings. The molecule has 0 aliphatic carbocycles. The van der Waals surface area contributed by atoms with Crippen molar-refractivity contribution in [1.29, 1.82) is 0 Å². The quantitative estimate of drug-likeness (QED) is 0.704. The van der Waals surface area contributed by atoms with Gasteiger partial charge in [0, 0.05) is 19.3 Å². The largest absolute Gasteiger partial charge is 0.354 e. The van der Waals surface area contributed by atoms with Gasteiger partial charge in [0.15, 0.2) is 5.15 Å². The predicted molar refractivity (Wildman–Crippen MR) is 90.3 cm³/mol. The summed E-state index contributed by atoms with van der Waals surface area (Å²) in [6.45, 7) is 3.38. The Labute approximate surface area is 138 Å². The summed E-state index contributed by atoms with van der Waals surface area (Å²) in [5, 5.41) is 3.55. The average molecular weight is 334 g/mol. The number of fused-ring (bicyclic) bond motifs is 1. The van der Waals surface area contributed by atoms with Crippen molar-refractivity contribution >= 4 is 28.6 Å². The molecule has 0 spiro atoms. The third-order valence-electron chi connectivity index (χ3n) is 3.61. The van der Waals surface area contributed by atoms with Gasteiger partial charge in [-0.15, -0.1) is 0 Å². The van der Waals surface area contributed by atoms with E-state index in [4.69, 9.17) is 17.3 Å². The summed E-state index contributed by atoms with van der Waals surface area (Å²) < 4.78 is 15.4. The molecule has 0 fully saturated rings. The molecule has 0 radical (unpaired) electrons. The van der Waals surface area contributed by atoms with Crippen LogP contribution < -0.4 is 11.1 Å². The van der Waals surface area contributed by atoms with E-state index in [2.05, 4.69) is 15.3 Å². The fraction of sp³-hybridized carbons (Fsp3) is 0.250. The molecule has 1 aromatic carbocycles. The van der Waals surface area contributed by atoms with E-state index in [0.717, 1.165) is 11.1 Å². The molecule has 0 amide bonds. The van der Waals surface area contributed by atoms with Crippen molar-refractivity contribution in [2.75, 3.05) is 18.4 Å². The van der Waals surface area contributed by atoms with Crippen LogP contribution in [-0.2, 0) is 6.54 Å². The fourth-order valence-electron chi connectivity index (χ4n) is 2.49. The normalized spacial score (nSPS) is 11.1. The van der Waals surface area contributed by atoms with Gasteiger partial charge in [-0.25, -0.2) is 14.4 Å². The summed E-state index contributed by atoms with van der Waals surface area (Å²) in [4.78, 5) is 8.58. The number of hydrogen-bond acceptors (Lipinski definition) is 4. The molecule has 0 unspecified atom stereocenters. The molecule has 0 aliphatic heterocycles. The average Bonchev–Trinajstić information content (AvgIpc) is 2.88. The minimum Gasteiger partial charge on any atom is -0.354 e. The van der Waals surface area contributed by atoms with Crippen molar-refractivity contribution in [3.05, 3.63) is 52.6 Å². The van der Waals surface area contributed by atoms with E-state index < -0.39 is 0 Å². The number of aromatic nitrogens is 3. The molecule has 120 valence electrons. The monoisotopic (exact) mass is 333 g/mol. The third-order valence-corrected chi connectivity index (χ3v) is 3.89. The van der Waals surface area contributed by atoms with Crippen LogP contribution in [0.1, 0.15) is 11.1 Å². The van der Waals surface area contributed by atoms with E-state index in [0.29, 0.717) is 41.8 Å². The minimum absolute atomic E-state index is 0.210. The molecular formula is C16H17ClFN5. The van der Waals surface area contributed by atoms with Gasteiger partial charge in [0.05, 0.1) is 12.1 Å². The van der Waals surface area contributed by atoms with Gasteiger partial charge < -0.3 is 15.6 Å². The molecule has 2 aromatic heterocycles. The number of nitrogens with zero attached hydrogens (tertiary/aromatic N) is 3. The van der Waals surface area contributed by atoms with E-state index in [9.17, 15) is 4.39 Å². The van der Waals surface area contributed by atoms with Gasteiger partial charge in [-0.05, 0) is 30.2 Å². The lowest BCUT2D eigenvalue weighted by Crippen LogP contribution is -2.16. The topological polar surface area (TPSA) is 68.8 Å². The second kappa shape index (κ2) is 6.52. The molecule has 5 nitrogen and oxygen atoms in total. The number of anilines is 1. The highest BCUT2D eigenvalue weighted by atomic mass is 35.5. The summed E-state index contributed by atoms with van der Waals surface area (Å²) in [5.41, 5.74) is 8.65. The molecule has 0 saturated heterocycles. The Bertz CT molecular complexity index is 846. The Morgan fingerprint density at radius 3 is 2.91 bits per heavy atom. The van der Waals surface area contributed by atoms with E-state index in [1.165, 1.54) is 6.07 Å². The van der Waals surface area contributed by atoms with Crippen LogP contribution in [0.5, 0.6) is 0 Å². The van der Waals surface area contributed by atoms with Gasteiger partial charge in [0.25, 0.3) is 0 Å². The van der Waals surface area contributed by atoms with Crippen LogP contribution in [0.25, 0.3) is 11.0 Å². The zero-order valence-electron chi connectivity index (χ0n) is 12.7. The molecule has 0 saturated carbocycles. The summed E-state index contributed by atoms with van der Waals surface area (Å²) >= 11 is 6.14. The maximum absolute atomic E-state index is 13.5. The standard InChI is InChI=1S/C16H17ClFN5/c1-10-8-11(2-3-12(10)18)9-23-13-4-6-20-15(17)14(13)22-16(23)21-7-5-19/h2-4,6,8H,5,7,9,19H2,1H3,(H,21,22). The highest BCUT2D eigenvalue weighted by Gasteiger charge is 2.14. The zero-order chi connectivity index (χ0) is 16.4. The lowest BCUT2D eigenvalue weighted by Gasteiger charge is -2.11. The first-order valence-corrected chi connectivity index (χ1v) is 7.67. The molecule has 0 bridgehead atoms. The van der Waals surface area contributed by atoms with Crippen LogP contribution in [-0.4, -0.2) is 27.6 Å². The van der Waals surface area contributed by atoms with Crippen molar-refractivity contribution < 1.29 is 4.39 Å². The Balaban J connectivity index is 2.06. The van der Waals surface area contributed by atoms with Gasteiger partial charge >= 0.3 is 0 Å². The van der Waals surface area contributed by atoms with Crippen LogP contribution in [0.4, 0.5) is 10.3 Å². The first-order chi connectivity index (χ1) is 11.1. The number of nitrogens with two attached hydrogens (primary N) is 1. The van der Waals surface area contributed by atoms with E-state index in [1.807, 2.05) is 16.7 Å². The first-order valence-electron chi connectivity index (χ1n) is 7.30. The van der Waals surface area contributed by atoms with Crippen LogP contribution >= 0.6 is 11.6 Å². The number of halogens is 2. The lowest BCUT2D eigenvalue weighted by molar-refractivity contribution is 0.617. The Hall–Kier alpha value is -2.18. The number of nitrogens with one attached hydrogen (secondary N) is 1. The summed E-state index contributed by atoms with van der Waals surface area (Å²) in [6.07, 6.45) is 1.64. The van der Waals surface area contributed by atoms with Crippen molar-refractivity contribution in [2.45, 2.75) is 13.5 Å². The molecule has 3 N–H and O–H groups in total. The second-order valence-electron chi connectivity index (χ2n) is 5.29. The molecular weight excluding hydrogens is 317 g/mol. The van der Waals surface area contributed by atoms with Gasteiger partial charge in [-0.3, -0.25) is 0 Å². The molecule has 3 aromatic rings. The number of aryl methyl sites for hydroxylation is 1. The fourth-order valence-corrected chi connectivity index (χ4v) is 2.68. The van der Waals surface area contributed by atoms with E-state index >= 15 is 0 Å². The van der Waals surface area contributed by atoms with E-state index in [1.54, 1.807) is 19.2 Å². The molecule has 23 heavy (non-hydrogen) atoms. The number of pyridine rings is 1. The third kappa shape index (κ3) is 3.13. The Morgan fingerprint density at radius 1 is 1.35 bits per heavy atom. The van der Waals surface area contributed by atoms with Crippen LogP contribution in [0.2, 0.25) is 5.15 Å². The highest BCUT2D eigenvalue weighted by molar-refractivity contribution is 6.33. The van der Waals surface area contributed by atoms with Gasteiger partial charge in [0.2, 0.25) is 5.95 Å². The van der Waals surface area contributed by atoms with Crippen molar-refractivity contribution in [3.63, 3.8) is 0 Å². The van der Waals surface area contributed by atoms with Crippen molar-refractivity contribution in [3.8, 4) is 0 Å². The maximum Gasteiger partial charge on any atom is 0.204 e. The van der Waals surface area contributed by atoms with Crippen molar-refractivity contribution in [2.24, 2.45) is 5.73 Å². The molecule has 7 heteroatoms. The maximum atomic E-state index is 13.5. The van der Waals surface area contributed by atoms with Crippen LogP contribution in [0, 0.1) is 12.7 Å². The van der Waals surface area contributed by atoms with Gasteiger partial charge in [0.1, 0.15) is 11.3 Å². The summed E-state index contributed by atoms with van der Waals surface area (Å²) in [6, 6.07) is 6.93. The number of hydrogen-bond donors (Lipinski definition) is 2. The summed E-state index contributed by atoms with van der Waals surface area (Å²) in [5.74, 6) is 0.459. The smallest absolute Gasteiger partial charge is 0.204 e. The van der Waals surface area contributed by atoms with Gasteiger partial charge in [-0.1, -0.05) is 23.7 Å². The van der Waals surface area contributed by atoms with Gasteiger partial charge in [-0.2, -0.15) is 0 Å². The predicted octanol–water partition coefficient (Wildman–Crippen LogP) is 2.95. The molecule has 2 heterocycles. The number of imidazole rings is 1. The Kier molecular flexibility index (Phi) is 4.45. The zero-order valence-corrected chi connectivity index (χ0v) is 13.4. The second-order valence-corrected chi connectivity index (χ2v) is 5.65. The minimum atomic E-state index is -0.210. The summed E-state index contributed by atoms with van der Waals surface area (Å²) in [7, 11) is 0. The molecule has 3 rings (SSSR count). The van der Waals surface area contributed by atoms with Crippen LogP contribution in [0.3, 0.4) is 0 Å². The lowest BCUT2D eigenvalue weighted by atomic mass is 10.1. The Morgan fingerprint density at radius 2 is 2.17 bits per heavy atom. The first kappa shape index (κ1) is 15.7. The number of rotatable bonds is 5.